The molecule has 0 aliphatic carbocycles. The molecule has 0 aliphatic rings. The summed E-state index contributed by atoms with van der Waals surface area (Å²) < 4.78 is 36.1. The van der Waals surface area contributed by atoms with E-state index in [-0.39, 0.29) is 15.4 Å². The Hall–Kier alpha value is -1.74. The normalized spacial score (nSPS) is 12.7. The molecule has 0 saturated heterocycles. The molecule has 0 spiro atoms. The number of rotatable bonds is 5. The van der Waals surface area contributed by atoms with E-state index in [1.807, 2.05) is 6.92 Å². The first-order valence-corrected chi connectivity index (χ1v) is 9.66. The number of amides is 1. The summed E-state index contributed by atoms with van der Waals surface area (Å²) in [7, 11) is -5.11. The summed E-state index contributed by atoms with van der Waals surface area (Å²) in [5.74, 6) is -0.817. The lowest BCUT2D eigenvalue weighted by Crippen LogP contribution is -2.24. The highest BCUT2D eigenvalue weighted by Gasteiger charge is 2.22. The van der Waals surface area contributed by atoms with Crippen LogP contribution in [0.1, 0.15) is 29.3 Å². The van der Waals surface area contributed by atoms with Crippen LogP contribution in [0.3, 0.4) is 0 Å². The molecule has 1 aromatic carbocycles. The zero-order valence-corrected chi connectivity index (χ0v) is 14.3. The van der Waals surface area contributed by atoms with Crippen LogP contribution in [0.25, 0.3) is 0 Å². The third kappa shape index (κ3) is 4.38. The van der Waals surface area contributed by atoms with Crippen LogP contribution in [0.5, 0.6) is 0 Å². The summed E-state index contributed by atoms with van der Waals surface area (Å²) in [5.41, 5.74) is 10.8. The molecular weight excluding hydrogens is 326 g/mol. The Morgan fingerprint density at radius 1 is 1.32 bits per heavy atom. The number of carbonyl (C=O) groups excluding carboxylic acids is 1. The van der Waals surface area contributed by atoms with E-state index in [2.05, 4.69) is 4.99 Å². The lowest BCUT2D eigenvalue weighted by Gasteiger charge is -2.11. The van der Waals surface area contributed by atoms with Crippen molar-refractivity contribution in [1.82, 2.24) is 0 Å². The Kier molecular flexibility index (Phi) is 5.84. The molecule has 1 atom stereocenters. The minimum atomic E-state index is -3.65. The van der Waals surface area contributed by atoms with Crippen molar-refractivity contribution in [3.63, 3.8) is 0 Å². The van der Waals surface area contributed by atoms with Crippen LogP contribution in [-0.2, 0) is 20.6 Å². The van der Waals surface area contributed by atoms with E-state index in [1.165, 1.54) is 12.1 Å². The number of nitrogens with two attached hydrogens (primary N) is 2. The molecule has 0 fully saturated rings. The van der Waals surface area contributed by atoms with Gasteiger partial charge in [0.15, 0.2) is 15.8 Å². The van der Waals surface area contributed by atoms with Crippen molar-refractivity contribution >= 4 is 32.5 Å². The molecule has 0 saturated carbocycles. The molecule has 0 aromatic heterocycles. The Morgan fingerprint density at radius 2 is 1.91 bits per heavy atom. The highest BCUT2D eigenvalue weighted by Crippen LogP contribution is 2.25. The van der Waals surface area contributed by atoms with E-state index in [0.29, 0.717) is 17.7 Å². The van der Waals surface area contributed by atoms with E-state index in [4.69, 9.17) is 11.5 Å². The largest absolute Gasteiger partial charge is 0.370 e. The average Bonchev–Trinajstić information content (AvgIpc) is 2.36. The monoisotopic (exact) mass is 345 g/mol. The lowest BCUT2D eigenvalue weighted by atomic mass is 10.1. The fourth-order valence-electron chi connectivity index (χ4n) is 1.83. The molecule has 4 N–H and O–H groups in total. The van der Waals surface area contributed by atoms with Crippen LogP contribution in [0.2, 0.25) is 0 Å². The van der Waals surface area contributed by atoms with Gasteiger partial charge in [-0.1, -0.05) is 6.92 Å². The third-order valence-electron chi connectivity index (χ3n) is 2.79. The van der Waals surface area contributed by atoms with Crippen molar-refractivity contribution in [2.45, 2.75) is 30.1 Å². The molecule has 1 amide bonds. The third-order valence-corrected chi connectivity index (χ3v) is 5.66. The zero-order valence-electron chi connectivity index (χ0n) is 12.6. The molecule has 1 unspecified atom stereocenters. The summed E-state index contributed by atoms with van der Waals surface area (Å²) in [6, 6.07) is 2.62. The second-order valence-electron chi connectivity index (χ2n) is 4.78. The molecule has 122 valence electrons. The average molecular weight is 345 g/mol. The van der Waals surface area contributed by atoms with Crippen molar-refractivity contribution in [2.75, 3.05) is 12.0 Å². The van der Waals surface area contributed by atoms with Gasteiger partial charge in [-0.15, -0.1) is 0 Å². The number of hydrogen-bond donors (Lipinski definition) is 2. The van der Waals surface area contributed by atoms with Gasteiger partial charge >= 0.3 is 0 Å². The van der Waals surface area contributed by atoms with Crippen molar-refractivity contribution in [1.29, 1.82) is 0 Å². The number of aryl methyl sites for hydroxylation is 1. The molecule has 1 rings (SSSR count). The minimum Gasteiger partial charge on any atom is -0.370 e. The van der Waals surface area contributed by atoms with Gasteiger partial charge in [0.05, 0.1) is 20.6 Å². The van der Waals surface area contributed by atoms with Crippen LogP contribution in [0.15, 0.2) is 26.9 Å². The second kappa shape index (κ2) is 7.01. The summed E-state index contributed by atoms with van der Waals surface area (Å²) in [6.07, 6.45) is 1.64. The molecular formula is C13H19N3O4S2. The molecule has 0 aliphatic heterocycles. The fourth-order valence-corrected chi connectivity index (χ4v) is 4.50. The molecule has 22 heavy (non-hydrogen) atoms. The molecule has 1 aromatic rings. The highest BCUT2D eigenvalue weighted by atomic mass is 32.2. The standard InChI is InChI=1S/C13H19N3O4S2/c1-4-5-21(18)10-6-8(2)9(12(17)16-13(14)15)7-11(10)22(3,19)20/h6-7H,4-5H2,1-3H3,(H4,14,15,16,17). The van der Waals surface area contributed by atoms with Crippen LogP contribution in [0, 0.1) is 6.92 Å². The first-order chi connectivity index (χ1) is 10.1. The smallest absolute Gasteiger partial charge is 0.280 e. The van der Waals surface area contributed by atoms with Gasteiger partial charge in [-0.25, -0.2) is 8.42 Å². The Labute approximate surface area is 132 Å². The summed E-state index contributed by atoms with van der Waals surface area (Å²) >= 11 is 0. The quantitative estimate of drug-likeness (QED) is 0.583. The molecule has 0 heterocycles. The summed E-state index contributed by atoms with van der Waals surface area (Å²) in [6.45, 7) is 3.45. The SMILES string of the molecule is CCCS(=O)c1cc(C)c(C(=O)N=C(N)N)cc1S(C)(=O)=O. The Balaban J connectivity index is 3.59. The first-order valence-electron chi connectivity index (χ1n) is 6.45. The summed E-state index contributed by atoms with van der Waals surface area (Å²) in [4.78, 5) is 15.4. The maximum atomic E-state index is 12.2. The molecule has 9 heteroatoms. The van der Waals surface area contributed by atoms with Gasteiger partial charge in [0.25, 0.3) is 5.91 Å². The van der Waals surface area contributed by atoms with E-state index >= 15 is 0 Å². The van der Waals surface area contributed by atoms with Crippen molar-refractivity contribution < 1.29 is 17.4 Å². The fraction of sp³-hybridized carbons (Fsp3) is 0.385. The maximum Gasteiger partial charge on any atom is 0.280 e. The van der Waals surface area contributed by atoms with Gasteiger partial charge in [-0.3, -0.25) is 9.00 Å². The van der Waals surface area contributed by atoms with E-state index in [0.717, 1.165) is 6.26 Å². The van der Waals surface area contributed by atoms with Gasteiger partial charge in [-0.05, 0) is 31.0 Å². The van der Waals surface area contributed by atoms with Crippen LogP contribution < -0.4 is 11.5 Å². The van der Waals surface area contributed by atoms with Gasteiger partial charge < -0.3 is 11.5 Å². The lowest BCUT2D eigenvalue weighted by molar-refractivity contribution is 0.100. The predicted octanol–water partition coefficient (Wildman–Crippen LogP) is 0.330. The Bertz CT molecular complexity index is 751. The van der Waals surface area contributed by atoms with Gasteiger partial charge in [-0.2, -0.15) is 4.99 Å². The minimum absolute atomic E-state index is 0.0612. The van der Waals surface area contributed by atoms with Crippen molar-refractivity contribution in [3.8, 4) is 0 Å². The number of benzene rings is 1. The molecule has 7 nitrogen and oxygen atoms in total. The zero-order chi connectivity index (χ0) is 17.1. The summed E-state index contributed by atoms with van der Waals surface area (Å²) in [5, 5.41) is 0. The highest BCUT2D eigenvalue weighted by molar-refractivity contribution is 7.92. The van der Waals surface area contributed by atoms with Crippen molar-refractivity contribution in [2.24, 2.45) is 16.5 Å². The molecule has 0 bridgehead atoms. The number of sulfone groups is 1. The topological polar surface area (TPSA) is 133 Å². The predicted molar refractivity (Wildman–Crippen MR) is 86.0 cm³/mol. The van der Waals surface area contributed by atoms with Gasteiger partial charge in [0.1, 0.15) is 0 Å². The number of carbonyl (C=O) groups is 1. The number of nitrogens with zero attached hydrogens (tertiary/aromatic N) is 1. The number of aliphatic imine (C=N–C) groups is 1. The van der Waals surface area contributed by atoms with Gasteiger partial charge in [0, 0.05) is 17.6 Å². The Morgan fingerprint density at radius 3 is 2.36 bits per heavy atom. The second-order valence-corrected chi connectivity index (χ2v) is 8.30. The first kappa shape index (κ1) is 18.3. The molecule has 0 radical (unpaired) electrons. The number of hydrogen-bond acceptors (Lipinski definition) is 4. The van der Waals surface area contributed by atoms with Crippen LogP contribution in [0.4, 0.5) is 0 Å². The van der Waals surface area contributed by atoms with E-state index in [1.54, 1.807) is 6.92 Å². The van der Waals surface area contributed by atoms with E-state index < -0.39 is 32.5 Å². The van der Waals surface area contributed by atoms with Crippen LogP contribution in [-0.4, -0.2) is 36.5 Å². The number of guanidine groups is 1. The van der Waals surface area contributed by atoms with Crippen molar-refractivity contribution in [3.05, 3.63) is 23.3 Å². The van der Waals surface area contributed by atoms with Gasteiger partial charge in [0.2, 0.25) is 0 Å². The van der Waals surface area contributed by atoms with Crippen LogP contribution >= 0.6 is 0 Å². The van der Waals surface area contributed by atoms with E-state index in [9.17, 15) is 17.4 Å². The maximum absolute atomic E-state index is 12.2.